The first-order valence-corrected chi connectivity index (χ1v) is 7.01. The van der Waals surface area contributed by atoms with Crippen molar-refractivity contribution in [1.82, 2.24) is 15.2 Å². The maximum Gasteiger partial charge on any atom is 0.417 e. The van der Waals surface area contributed by atoms with E-state index >= 15 is 0 Å². The molecule has 2 saturated heterocycles. The van der Waals surface area contributed by atoms with Crippen molar-refractivity contribution in [3.63, 3.8) is 0 Å². The van der Waals surface area contributed by atoms with Crippen molar-refractivity contribution >= 4 is 5.91 Å². The molecule has 1 aromatic rings. The second-order valence-electron chi connectivity index (χ2n) is 5.60. The van der Waals surface area contributed by atoms with Crippen molar-refractivity contribution in [3.05, 3.63) is 29.6 Å². The van der Waals surface area contributed by atoms with Gasteiger partial charge >= 0.3 is 6.18 Å². The highest BCUT2D eigenvalue weighted by Crippen LogP contribution is 2.29. The van der Waals surface area contributed by atoms with Crippen LogP contribution in [0.2, 0.25) is 0 Å². The van der Waals surface area contributed by atoms with E-state index in [0.717, 1.165) is 31.5 Å². The fourth-order valence-electron chi connectivity index (χ4n) is 3.06. The van der Waals surface area contributed by atoms with E-state index in [-0.39, 0.29) is 11.6 Å². The van der Waals surface area contributed by atoms with E-state index in [9.17, 15) is 18.0 Å². The van der Waals surface area contributed by atoms with Gasteiger partial charge in [-0.05, 0) is 37.4 Å². The Morgan fingerprint density at radius 1 is 1.33 bits per heavy atom. The molecular formula is C14H16F3N3O. The van der Waals surface area contributed by atoms with Crippen LogP contribution >= 0.6 is 0 Å². The predicted molar refractivity (Wildman–Crippen MR) is 69.7 cm³/mol. The van der Waals surface area contributed by atoms with Crippen LogP contribution in [-0.2, 0) is 6.18 Å². The first-order valence-electron chi connectivity index (χ1n) is 7.01. The Morgan fingerprint density at radius 3 is 2.76 bits per heavy atom. The van der Waals surface area contributed by atoms with Crippen LogP contribution in [0.25, 0.3) is 0 Å². The second kappa shape index (κ2) is 5.29. The Kier molecular flexibility index (Phi) is 3.61. The zero-order valence-corrected chi connectivity index (χ0v) is 11.4. The molecule has 0 aliphatic carbocycles. The number of rotatable bonds is 1. The molecule has 0 bridgehead atoms. The van der Waals surface area contributed by atoms with E-state index in [2.05, 4.69) is 10.3 Å². The quantitative estimate of drug-likeness (QED) is 0.862. The van der Waals surface area contributed by atoms with Crippen LogP contribution in [0.3, 0.4) is 0 Å². The van der Waals surface area contributed by atoms with E-state index < -0.39 is 11.7 Å². The van der Waals surface area contributed by atoms with Crippen LogP contribution in [-0.4, -0.2) is 41.5 Å². The topological polar surface area (TPSA) is 45.2 Å². The first-order chi connectivity index (χ1) is 9.95. The number of nitrogens with one attached hydrogen (secondary N) is 1. The number of carbonyl (C=O) groups excluding carboxylic acids is 1. The van der Waals surface area contributed by atoms with Crippen molar-refractivity contribution in [1.29, 1.82) is 0 Å². The predicted octanol–water partition coefficient (Wildman–Crippen LogP) is 1.92. The largest absolute Gasteiger partial charge is 0.417 e. The molecule has 114 valence electrons. The summed E-state index contributed by atoms with van der Waals surface area (Å²) in [5, 5.41) is 3.38. The number of pyridine rings is 1. The third-order valence-electron chi connectivity index (χ3n) is 4.20. The molecule has 21 heavy (non-hydrogen) atoms. The van der Waals surface area contributed by atoms with Crippen LogP contribution in [0, 0.1) is 5.92 Å². The molecule has 2 fully saturated rings. The van der Waals surface area contributed by atoms with E-state index in [0.29, 0.717) is 31.2 Å². The standard InChI is InChI=1S/C14H16F3N3O/c15-14(16,17)10-3-4-11(19-6-10)13(21)20-7-9-2-1-5-18-12(9)8-20/h3-4,6,9,12,18H,1-2,5,7-8H2/t9-,12+/m0/s1. The number of hydrogen-bond donors (Lipinski definition) is 1. The molecule has 1 N–H and O–H groups in total. The van der Waals surface area contributed by atoms with Gasteiger partial charge in [-0.25, -0.2) is 0 Å². The Balaban J connectivity index is 1.71. The van der Waals surface area contributed by atoms with Gasteiger partial charge in [-0.1, -0.05) is 0 Å². The SMILES string of the molecule is O=C(c1ccc(C(F)(F)F)cn1)N1C[C@@H]2CCCN[C@@H]2C1. The average molecular weight is 299 g/mol. The number of halogens is 3. The summed E-state index contributed by atoms with van der Waals surface area (Å²) in [6, 6.07) is 2.36. The molecule has 3 rings (SSSR count). The fourth-order valence-corrected chi connectivity index (χ4v) is 3.06. The molecular weight excluding hydrogens is 283 g/mol. The lowest BCUT2D eigenvalue weighted by Crippen LogP contribution is -2.41. The molecule has 0 radical (unpaired) electrons. The lowest BCUT2D eigenvalue weighted by atomic mass is 9.94. The smallest absolute Gasteiger partial charge is 0.335 e. The molecule has 3 heterocycles. The summed E-state index contributed by atoms with van der Waals surface area (Å²) in [5.74, 6) is 0.150. The number of likely N-dealkylation sites (tertiary alicyclic amines) is 1. The van der Waals surface area contributed by atoms with Crippen molar-refractivity contribution in [2.45, 2.75) is 25.1 Å². The average Bonchev–Trinajstić information content (AvgIpc) is 2.89. The van der Waals surface area contributed by atoms with Gasteiger partial charge in [0.05, 0.1) is 5.56 Å². The molecule has 2 aliphatic rings. The number of amides is 1. The van der Waals surface area contributed by atoms with Gasteiger partial charge in [0, 0.05) is 25.3 Å². The van der Waals surface area contributed by atoms with E-state index in [4.69, 9.17) is 0 Å². The van der Waals surface area contributed by atoms with E-state index in [1.165, 1.54) is 0 Å². The summed E-state index contributed by atoms with van der Waals surface area (Å²) in [6.45, 7) is 2.22. The molecule has 2 atom stereocenters. The van der Waals surface area contributed by atoms with E-state index in [1.54, 1.807) is 4.90 Å². The summed E-state index contributed by atoms with van der Waals surface area (Å²) in [7, 11) is 0. The third kappa shape index (κ3) is 2.88. The van der Waals surface area contributed by atoms with Crippen molar-refractivity contribution in [2.24, 2.45) is 5.92 Å². The Labute approximate surface area is 120 Å². The number of hydrogen-bond acceptors (Lipinski definition) is 3. The molecule has 4 nitrogen and oxygen atoms in total. The molecule has 1 amide bonds. The molecule has 7 heteroatoms. The number of fused-ring (bicyclic) bond motifs is 1. The summed E-state index contributed by atoms with van der Waals surface area (Å²) < 4.78 is 37.4. The summed E-state index contributed by atoms with van der Waals surface area (Å²) in [4.78, 5) is 17.7. The fraction of sp³-hybridized carbons (Fsp3) is 0.571. The van der Waals surface area contributed by atoms with Crippen LogP contribution in [0.4, 0.5) is 13.2 Å². The highest BCUT2D eigenvalue weighted by Gasteiger charge is 2.37. The lowest BCUT2D eigenvalue weighted by molar-refractivity contribution is -0.137. The highest BCUT2D eigenvalue weighted by molar-refractivity contribution is 5.92. The zero-order chi connectivity index (χ0) is 15.0. The number of aromatic nitrogens is 1. The Morgan fingerprint density at radius 2 is 2.14 bits per heavy atom. The normalized spacial score (nSPS) is 25.8. The lowest BCUT2D eigenvalue weighted by Gasteiger charge is -2.24. The number of carbonyl (C=O) groups is 1. The monoisotopic (exact) mass is 299 g/mol. The number of piperidine rings is 1. The maximum absolute atomic E-state index is 12.5. The van der Waals surface area contributed by atoms with Crippen molar-refractivity contribution in [2.75, 3.05) is 19.6 Å². The first kappa shape index (κ1) is 14.3. The van der Waals surface area contributed by atoms with Gasteiger partial charge in [-0.2, -0.15) is 13.2 Å². The number of alkyl halides is 3. The van der Waals surface area contributed by atoms with Crippen LogP contribution in [0.15, 0.2) is 18.3 Å². The molecule has 0 spiro atoms. The Bertz CT molecular complexity index is 515. The molecule has 2 aliphatic heterocycles. The molecule has 0 aromatic carbocycles. The maximum atomic E-state index is 12.5. The minimum absolute atomic E-state index is 0.0710. The van der Waals surface area contributed by atoms with Crippen LogP contribution in [0.5, 0.6) is 0 Å². The van der Waals surface area contributed by atoms with Gasteiger partial charge < -0.3 is 10.2 Å². The van der Waals surface area contributed by atoms with Gasteiger partial charge in [-0.15, -0.1) is 0 Å². The van der Waals surface area contributed by atoms with Gasteiger partial charge in [0.25, 0.3) is 5.91 Å². The van der Waals surface area contributed by atoms with E-state index in [1.807, 2.05) is 0 Å². The van der Waals surface area contributed by atoms with Gasteiger partial charge in [0.2, 0.25) is 0 Å². The van der Waals surface area contributed by atoms with Gasteiger partial charge in [0.15, 0.2) is 0 Å². The van der Waals surface area contributed by atoms with Gasteiger partial charge in [0.1, 0.15) is 5.69 Å². The number of nitrogens with zero attached hydrogens (tertiary/aromatic N) is 2. The summed E-state index contributed by atoms with van der Waals surface area (Å²) in [6.07, 6.45) is -1.53. The van der Waals surface area contributed by atoms with Crippen LogP contribution < -0.4 is 5.32 Å². The van der Waals surface area contributed by atoms with Crippen LogP contribution in [0.1, 0.15) is 28.9 Å². The highest BCUT2D eigenvalue weighted by atomic mass is 19.4. The van der Waals surface area contributed by atoms with Crippen molar-refractivity contribution in [3.8, 4) is 0 Å². The zero-order valence-electron chi connectivity index (χ0n) is 11.4. The Hall–Kier alpha value is -1.63. The minimum Gasteiger partial charge on any atom is -0.335 e. The van der Waals surface area contributed by atoms with Crippen molar-refractivity contribution < 1.29 is 18.0 Å². The minimum atomic E-state index is -4.43. The molecule has 1 aromatic heterocycles. The summed E-state index contributed by atoms with van der Waals surface area (Å²) >= 11 is 0. The summed E-state index contributed by atoms with van der Waals surface area (Å²) in [5.41, 5.74) is -0.766. The second-order valence-corrected chi connectivity index (χ2v) is 5.60. The molecule has 0 unspecified atom stereocenters. The molecule has 0 saturated carbocycles. The third-order valence-corrected chi connectivity index (χ3v) is 4.20. The van der Waals surface area contributed by atoms with Gasteiger partial charge in [-0.3, -0.25) is 9.78 Å².